The first-order valence-corrected chi connectivity index (χ1v) is 9.39. The number of pyridine rings is 1. The quantitative estimate of drug-likeness (QED) is 0.525. The molecule has 0 N–H and O–H groups in total. The van der Waals surface area contributed by atoms with Gasteiger partial charge in [0.2, 0.25) is 5.88 Å². The first kappa shape index (κ1) is 17.6. The molecule has 2 heterocycles. The highest BCUT2D eigenvalue weighted by Crippen LogP contribution is 2.31. The SMILES string of the molecule is CCc1ccccc1C1CN(Cc2ccnc(OC)c2)CCN1I. The second kappa shape index (κ2) is 8.27. The van der Waals surface area contributed by atoms with Crippen LogP contribution in [0.4, 0.5) is 0 Å². The number of aromatic nitrogens is 1. The third kappa shape index (κ3) is 4.07. The minimum atomic E-state index is 0.444. The number of hydrogen-bond acceptors (Lipinski definition) is 4. The fourth-order valence-electron chi connectivity index (χ4n) is 3.31. The molecule has 1 atom stereocenters. The molecule has 1 aliphatic rings. The van der Waals surface area contributed by atoms with Gasteiger partial charge >= 0.3 is 0 Å². The normalized spacial score (nSPS) is 19.4. The molecule has 2 aromatic rings. The second-order valence-electron chi connectivity index (χ2n) is 6.13. The lowest BCUT2D eigenvalue weighted by molar-refractivity contribution is 0.148. The van der Waals surface area contributed by atoms with Crippen molar-refractivity contribution in [1.82, 2.24) is 13.0 Å². The maximum Gasteiger partial charge on any atom is 0.213 e. The number of nitrogens with zero attached hydrogens (tertiary/aromatic N) is 3. The summed E-state index contributed by atoms with van der Waals surface area (Å²) in [5.74, 6) is 0.688. The fourth-order valence-corrected chi connectivity index (χ4v) is 4.00. The molecular formula is C19H24IN3O. The molecule has 1 aliphatic heterocycles. The van der Waals surface area contributed by atoms with E-state index in [1.807, 2.05) is 12.3 Å². The molecule has 0 amide bonds. The van der Waals surface area contributed by atoms with Gasteiger partial charge in [-0.05, 0) is 29.2 Å². The van der Waals surface area contributed by atoms with E-state index in [1.165, 1.54) is 16.7 Å². The Morgan fingerprint density at radius 1 is 1.25 bits per heavy atom. The summed E-state index contributed by atoms with van der Waals surface area (Å²) in [6.45, 7) is 6.38. The van der Waals surface area contributed by atoms with Crippen molar-refractivity contribution in [2.24, 2.45) is 0 Å². The predicted molar refractivity (Wildman–Crippen MR) is 105 cm³/mol. The van der Waals surface area contributed by atoms with Crippen LogP contribution in [0.25, 0.3) is 0 Å². The van der Waals surface area contributed by atoms with Crippen molar-refractivity contribution in [3.63, 3.8) is 0 Å². The average Bonchev–Trinajstić information content (AvgIpc) is 2.63. The van der Waals surface area contributed by atoms with Crippen LogP contribution in [-0.4, -0.2) is 39.7 Å². The Kier molecular flexibility index (Phi) is 6.08. The van der Waals surface area contributed by atoms with E-state index in [0.717, 1.165) is 32.6 Å². The maximum atomic E-state index is 5.24. The lowest BCUT2D eigenvalue weighted by Crippen LogP contribution is -2.44. The molecule has 0 radical (unpaired) electrons. The smallest absolute Gasteiger partial charge is 0.213 e. The minimum Gasteiger partial charge on any atom is -0.481 e. The second-order valence-corrected chi connectivity index (χ2v) is 7.37. The number of benzene rings is 1. The van der Waals surface area contributed by atoms with Crippen LogP contribution in [0.5, 0.6) is 5.88 Å². The zero-order chi connectivity index (χ0) is 16.9. The summed E-state index contributed by atoms with van der Waals surface area (Å²) in [5.41, 5.74) is 4.18. The Hall–Kier alpha value is -1.18. The van der Waals surface area contributed by atoms with E-state index in [0.29, 0.717) is 11.9 Å². The van der Waals surface area contributed by atoms with E-state index >= 15 is 0 Å². The number of hydrogen-bond donors (Lipinski definition) is 0. The van der Waals surface area contributed by atoms with Gasteiger partial charge in [0.1, 0.15) is 0 Å². The van der Waals surface area contributed by atoms with Crippen LogP contribution >= 0.6 is 22.9 Å². The molecule has 1 fully saturated rings. The molecule has 3 rings (SSSR count). The summed E-state index contributed by atoms with van der Waals surface area (Å²) < 4.78 is 7.70. The van der Waals surface area contributed by atoms with E-state index in [2.05, 4.69) is 73.1 Å². The van der Waals surface area contributed by atoms with Crippen LogP contribution in [0.1, 0.15) is 29.7 Å². The van der Waals surface area contributed by atoms with Gasteiger partial charge in [0.25, 0.3) is 0 Å². The Labute approximate surface area is 158 Å². The van der Waals surface area contributed by atoms with E-state index in [1.54, 1.807) is 7.11 Å². The largest absolute Gasteiger partial charge is 0.481 e. The van der Waals surface area contributed by atoms with Crippen molar-refractivity contribution >= 4 is 22.9 Å². The fraction of sp³-hybridized carbons (Fsp3) is 0.421. The summed E-state index contributed by atoms with van der Waals surface area (Å²) >= 11 is 2.48. The summed E-state index contributed by atoms with van der Waals surface area (Å²) in [6.07, 6.45) is 2.91. The van der Waals surface area contributed by atoms with E-state index in [-0.39, 0.29) is 0 Å². The molecule has 128 valence electrons. The average molecular weight is 437 g/mol. The van der Waals surface area contributed by atoms with Gasteiger partial charge in [-0.2, -0.15) is 0 Å². The van der Waals surface area contributed by atoms with Crippen LogP contribution in [0.3, 0.4) is 0 Å². The highest BCUT2D eigenvalue weighted by molar-refractivity contribution is 14.1. The van der Waals surface area contributed by atoms with Crippen molar-refractivity contribution in [2.75, 3.05) is 26.7 Å². The van der Waals surface area contributed by atoms with Gasteiger partial charge in [-0.3, -0.25) is 4.90 Å². The molecule has 0 bridgehead atoms. The molecule has 4 nitrogen and oxygen atoms in total. The molecule has 24 heavy (non-hydrogen) atoms. The summed E-state index contributed by atoms with van der Waals surface area (Å²) in [4.78, 5) is 6.73. The predicted octanol–water partition coefficient (Wildman–Crippen LogP) is 3.86. The summed E-state index contributed by atoms with van der Waals surface area (Å²) in [7, 11) is 1.67. The van der Waals surface area contributed by atoms with E-state index in [4.69, 9.17) is 4.74 Å². The molecule has 1 unspecified atom stereocenters. The van der Waals surface area contributed by atoms with Crippen molar-refractivity contribution < 1.29 is 4.74 Å². The minimum absolute atomic E-state index is 0.444. The van der Waals surface area contributed by atoms with Crippen molar-refractivity contribution in [1.29, 1.82) is 0 Å². The van der Waals surface area contributed by atoms with Gasteiger partial charge in [0.05, 0.1) is 13.2 Å². The molecule has 1 aromatic carbocycles. The highest BCUT2D eigenvalue weighted by atomic mass is 127. The first-order valence-electron chi connectivity index (χ1n) is 8.42. The van der Waals surface area contributed by atoms with Gasteiger partial charge in [0, 0.05) is 61.3 Å². The Morgan fingerprint density at radius 3 is 2.88 bits per heavy atom. The topological polar surface area (TPSA) is 28.6 Å². The van der Waals surface area contributed by atoms with Crippen LogP contribution < -0.4 is 4.74 Å². The van der Waals surface area contributed by atoms with Gasteiger partial charge in [-0.1, -0.05) is 31.2 Å². The number of piperazine rings is 1. The molecule has 0 spiro atoms. The number of ether oxygens (including phenoxy) is 1. The Bertz CT molecular complexity index is 679. The molecule has 5 heteroatoms. The van der Waals surface area contributed by atoms with Gasteiger partial charge in [-0.15, -0.1) is 0 Å². The van der Waals surface area contributed by atoms with Crippen molar-refractivity contribution in [2.45, 2.75) is 25.9 Å². The third-order valence-electron chi connectivity index (χ3n) is 4.61. The lowest BCUT2D eigenvalue weighted by Gasteiger charge is -2.39. The number of aryl methyl sites for hydroxylation is 1. The molecule has 0 saturated carbocycles. The highest BCUT2D eigenvalue weighted by Gasteiger charge is 2.28. The summed E-state index contributed by atoms with van der Waals surface area (Å²) in [5, 5.41) is 0. The molecule has 0 aliphatic carbocycles. The maximum absolute atomic E-state index is 5.24. The first-order chi connectivity index (χ1) is 11.7. The van der Waals surface area contributed by atoms with E-state index < -0.39 is 0 Å². The van der Waals surface area contributed by atoms with Crippen LogP contribution in [-0.2, 0) is 13.0 Å². The van der Waals surface area contributed by atoms with Gasteiger partial charge in [0.15, 0.2) is 0 Å². The van der Waals surface area contributed by atoms with Crippen LogP contribution in [0.15, 0.2) is 42.6 Å². The molecular weight excluding hydrogens is 413 g/mol. The summed E-state index contributed by atoms with van der Waals surface area (Å²) in [6, 6.07) is 13.4. The standard InChI is InChI=1S/C19H24IN3O/c1-3-16-6-4-5-7-17(16)18-14-22(10-11-23(18)20)13-15-8-9-21-19(12-15)24-2/h4-9,12,18H,3,10-11,13-14H2,1-2H3. The van der Waals surface area contributed by atoms with Crippen LogP contribution in [0.2, 0.25) is 0 Å². The molecule has 1 aromatic heterocycles. The van der Waals surface area contributed by atoms with Crippen molar-refractivity contribution in [3.8, 4) is 5.88 Å². The van der Waals surface area contributed by atoms with Crippen LogP contribution in [0, 0.1) is 0 Å². The Balaban J connectivity index is 1.75. The Morgan fingerprint density at radius 2 is 2.08 bits per heavy atom. The van der Waals surface area contributed by atoms with E-state index in [9.17, 15) is 0 Å². The number of methoxy groups -OCH3 is 1. The van der Waals surface area contributed by atoms with Gasteiger partial charge < -0.3 is 4.74 Å². The van der Waals surface area contributed by atoms with Crippen molar-refractivity contribution in [3.05, 3.63) is 59.3 Å². The molecule has 1 saturated heterocycles. The lowest BCUT2D eigenvalue weighted by atomic mass is 9.97. The zero-order valence-corrected chi connectivity index (χ0v) is 16.4. The monoisotopic (exact) mass is 437 g/mol. The zero-order valence-electron chi connectivity index (χ0n) is 14.3. The number of rotatable bonds is 5. The number of halogens is 1. The third-order valence-corrected chi connectivity index (χ3v) is 5.76. The van der Waals surface area contributed by atoms with Gasteiger partial charge in [-0.25, -0.2) is 8.10 Å².